The summed E-state index contributed by atoms with van der Waals surface area (Å²) in [4.78, 5) is 9.35. The third-order valence-electron chi connectivity index (χ3n) is 3.89. The molecule has 1 aromatic heterocycles. The van der Waals surface area contributed by atoms with Gasteiger partial charge in [0, 0.05) is 6.04 Å². The van der Waals surface area contributed by atoms with Crippen LogP contribution in [0.3, 0.4) is 0 Å². The molecule has 1 saturated carbocycles. The van der Waals surface area contributed by atoms with Crippen molar-refractivity contribution in [3.05, 3.63) is 30.0 Å². The molecule has 0 bridgehead atoms. The van der Waals surface area contributed by atoms with Gasteiger partial charge in [-0.3, -0.25) is 0 Å². The molecule has 0 aliphatic heterocycles. The Kier molecular flexibility index (Phi) is 3.36. The van der Waals surface area contributed by atoms with Gasteiger partial charge in [0.1, 0.15) is 5.82 Å². The number of nitrogens with zero attached hydrogens (tertiary/aromatic N) is 2. The second-order valence-electron chi connectivity index (χ2n) is 5.57. The quantitative estimate of drug-likeness (QED) is 0.879. The Labute approximate surface area is 114 Å². The predicted octanol–water partition coefficient (Wildman–Crippen LogP) is 3.93. The minimum absolute atomic E-state index is 0.529. The summed E-state index contributed by atoms with van der Waals surface area (Å²) in [5, 5.41) is 3.59. The molecular weight excluding hydrogens is 234 g/mol. The van der Waals surface area contributed by atoms with Crippen LogP contribution in [0, 0.1) is 12.8 Å². The average molecular weight is 255 g/mol. The fourth-order valence-corrected chi connectivity index (χ4v) is 2.50. The first kappa shape index (κ1) is 12.4. The van der Waals surface area contributed by atoms with Gasteiger partial charge in [-0.1, -0.05) is 31.9 Å². The number of hydrogen-bond donors (Lipinski definition) is 1. The SMILES string of the molecule is CCC(CC1CC1)Nc1nc2ccccc2nc1C. The molecule has 1 aromatic carbocycles. The van der Waals surface area contributed by atoms with Gasteiger partial charge in [-0.15, -0.1) is 0 Å². The van der Waals surface area contributed by atoms with Crippen molar-refractivity contribution in [2.75, 3.05) is 5.32 Å². The van der Waals surface area contributed by atoms with Crippen LogP contribution in [0.5, 0.6) is 0 Å². The molecule has 0 amide bonds. The van der Waals surface area contributed by atoms with E-state index in [0.29, 0.717) is 6.04 Å². The number of aryl methyl sites for hydroxylation is 1. The second kappa shape index (κ2) is 5.16. The van der Waals surface area contributed by atoms with Crippen molar-refractivity contribution in [1.29, 1.82) is 0 Å². The molecule has 3 nitrogen and oxygen atoms in total. The van der Waals surface area contributed by atoms with Crippen LogP contribution in [0.1, 0.15) is 38.3 Å². The summed E-state index contributed by atoms with van der Waals surface area (Å²) in [6, 6.07) is 8.58. The van der Waals surface area contributed by atoms with E-state index in [1.807, 2.05) is 31.2 Å². The van der Waals surface area contributed by atoms with E-state index >= 15 is 0 Å². The van der Waals surface area contributed by atoms with Crippen molar-refractivity contribution in [2.24, 2.45) is 5.92 Å². The largest absolute Gasteiger partial charge is 0.366 e. The van der Waals surface area contributed by atoms with Crippen LogP contribution in [0.2, 0.25) is 0 Å². The van der Waals surface area contributed by atoms with Crippen molar-refractivity contribution < 1.29 is 0 Å². The highest BCUT2D eigenvalue weighted by Gasteiger charge is 2.25. The number of fused-ring (bicyclic) bond motifs is 1. The maximum Gasteiger partial charge on any atom is 0.148 e. The van der Waals surface area contributed by atoms with Crippen LogP contribution >= 0.6 is 0 Å². The van der Waals surface area contributed by atoms with Crippen LogP contribution in [0.15, 0.2) is 24.3 Å². The molecule has 1 fully saturated rings. The second-order valence-corrected chi connectivity index (χ2v) is 5.57. The minimum atomic E-state index is 0.529. The molecule has 1 N–H and O–H groups in total. The molecule has 3 rings (SSSR count). The molecule has 3 heteroatoms. The highest BCUT2D eigenvalue weighted by atomic mass is 15.0. The molecular formula is C16H21N3. The van der Waals surface area contributed by atoms with Crippen molar-refractivity contribution in [1.82, 2.24) is 9.97 Å². The zero-order valence-electron chi connectivity index (χ0n) is 11.7. The fraction of sp³-hybridized carbons (Fsp3) is 0.500. The first-order valence-electron chi connectivity index (χ1n) is 7.26. The monoisotopic (exact) mass is 255 g/mol. The zero-order chi connectivity index (χ0) is 13.2. The van der Waals surface area contributed by atoms with Gasteiger partial charge in [0.2, 0.25) is 0 Å². The van der Waals surface area contributed by atoms with E-state index in [1.54, 1.807) is 0 Å². The maximum absolute atomic E-state index is 4.72. The Bertz CT molecular complexity index is 575. The molecule has 0 saturated heterocycles. The molecule has 1 heterocycles. The van der Waals surface area contributed by atoms with Gasteiger partial charge in [0.05, 0.1) is 16.7 Å². The Morgan fingerprint density at radius 2 is 1.89 bits per heavy atom. The molecule has 0 spiro atoms. The summed E-state index contributed by atoms with van der Waals surface area (Å²) in [7, 11) is 0. The van der Waals surface area contributed by atoms with Crippen LogP contribution in [0.4, 0.5) is 5.82 Å². The Morgan fingerprint density at radius 3 is 2.53 bits per heavy atom. The Hall–Kier alpha value is -1.64. The number of benzene rings is 1. The molecule has 1 aliphatic rings. The van der Waals surface area contributed by atoms with Gasteiger partial charge in [0.15, 0.2) is 0 Å². The summed E-state index contributed by atoms with van der Waals surface area (Å²) in [5.74, 6) is 1.89. The van der Waals surface area contributed by atoms with Crippen LogP contribution in [0.25, 0.3) is 11.0 Å². The normalized spacial score (nSPS) is 16.5. The lowest BCUT2D eigenvalue weighted by atomic mass is 10.1. The highest BCUT2D eigenvalue weighted by molar-refractivity contribution is 5.76. The molecule has 0 radical (unpaired) electrons. The predicted molar refractivity (Wildman–Crippen MR) is 79.3 cm³/mol. The smallest absolute Gasteiger partial charge is 0.148 e. The number of nitrogens with one attached hydrogen (secondary N) is 1. The van der Waals surface area contributed by atoms with Crippen molar-refractivity contribution in [2.45, 2.75) is 45.6 Å². The summed E-state index contributed by atoms with van der Waals surface area (Å²) in [5.41, 5.74) is 2.94. The topological polar surface area (TPSA) is 37.8 Å². The minimum Gasteiger partial charge on any atom is -0.366 e. The number of hydrogen-bond acceptors (Lipinski definition) is 3. The third kappa shape index (κ3) is 2.86. The standard InChI is InChI=1S/C16H21N3/c1-3-13(10-12-8-9-12)18-16-11(2)17-14-6-4-5-7-15(14)19-16/h4-7,12-13H,3,8-10H2,1-2H3,(H,18,19). The average Bonchev–Trinajstić information content (AvgIpc) is 3.22. The van der Waals surface area contributed by atoms with E-state index in [4.69, 9.17) is 4.98 Å². The van der Waals surface area contributed by atoms with Gasteiger partial charge in [0.25, 0.3) is 0 Å². The first-order chi connectivity index (χ1) is 9.26. The van der Waals surface area contributed by atoms with Gasteiger partial charge in [-0.2, -0.15) is 0 Å². The van der Waals surface area contributed by atoms with Crippen LogP contribution in [-0.2, 0) is 0 Å². The van der Waals surface area contributed by atoms with E-state index < -0.39 is 0 Å². The lowest BCUT2D eigenvalue weighted by molar-refractivity contribution is 0.584. The van der Waals surface area contributed by atoms with E-state index in [0.717, 1.165) is 34.9 Å². The van der Waals surface area contributed by atoms with Crippen LogP contribution < -0.4 is 5.32 Å². The number of anilines is 1. The van der Waals surface area contributed by atoms with E-state index in [1.165, 1.54) is 19.3 Å². The molecule has 100 valence electrons. The first-order valence-corrected chi connectivity index (χ1v) is 7.26. The Balaban J connectivity index is 1.84. The number of rotatable bonds is 5. The maximum atomic E-state index is 4.72. The highest BCUT2D eigenvalue weighted by Crippen LogP contribution is 2.34. The Morgan fingerprint density at radius 1 is 1.21 bits per heavy atom. The molecule has 2 aromatic rings. The molecule has 1 unspecified atom stereocenters. The summed E-state index contributed by atoms with van der Waals surface area (Å²) < 4.78 is 0. The summed E-state index contributed by atoms with van der Waals surface area (Å²) >= 11 is 0. The van der Waals surface area contributed by atoms with E-state index in [2.05, 4.69) is 17.2 Å². The number of aromatic nitrogens is 2. The number of para-hydroxylation sites is 2. The van der Waals surface area contributed by atoms with Crippen molar-refractivity contribution >= 4 is 16.9 Å². The van der Waals surface area contributed by atoms with E-state index in [9.17, 15) is 0 Å². The van der Waals surface area contributed by atoms with Crippen molar-refractivity contribution in [3.63, 3.8) is 0 Å². The lowest BCUT2D eigenvalue weighted by Crippen LogP contribution is -2.20. The lowest BCUT2D eigenvalue weighted by Gasteiger charge is -2.18. The molecule has 1 atom stereocenters. The summed E-state index contributed by atoms with van der Waals surface area (Å²) in [6.07, 6.45) is 5.22. The van der Waals surface area contributed by atoms with Gasteiger partial charge in [-0.05, 0) is 37.8 Å². The van der Waals surface area contributed by atoms with Gasteiger partial charge < -0.3 is 5.32 Å². The van der Waals surface area contributed by atoms with Gasteiger partial charge >= 0.3 is 0 Å². The molecule has 1 aliphatic carbocycles. The zero-order valence-corrected chi connectivity index (χ0v) is 11.7. The summed E-state index contributed by atoms with van der Waals surface area (Å²) in [6.45, 7) is 4.27. The van der Waals surface area contributed by atoms with Gasteiger partial charge in [-0.25, -0.2) is 9.97 Å². The third-order valence-corrected chi connectivity index (χ3v) is 3.89. The van der Waals surface area contributed by atoms with Crippen LogP contribution in [-0.4, -0.2) is 16.0 Å². The van der Waals surface area contributed by atoms with Crippen molar-refractivity contribution in [3.8, 4) is 0 Å². The van der Waals surface area contributed by atoms with E-state index in [-0.39, 0.29) is 0 Å². The fourth-order valence-electron chi connectivity index (χ4n) is 2.50. The molecule has 19 heavy (non-hydrogen) atoms.